The fraction of sp³-hybridized carbons (Fsp3) is 0.148. The fourth-order valence-corrected chi connectivity index (χ4v) is 4.87. The molecule has 4 aromatic rings. The van der Waals surface area contributed by atoms with Crippen LogP contribution in [0.2, 0.25) is 0 Å². The molecule has 37 heavy (non-hydrogen) atoms. The van der Waals surface area contributed by atoms with E-state index < -0.39 is 10.8 Å². The zero-order valence-electron chi connectivity index (χ0n) is 20.1. The van der Waals surface area contributed by atoms with E-state index >= 15 is 0 Å². The molecule has 0 spiro atoms. The average Bonchev–Trinajstić information content (AvgIpc) is 3.28. The Bertz CT molecular complexity index is 1520. The minimum absolute atomic E-state index is 0.0993. The van der Waals surface area contributed by atoms with Gasteiger partial charge in [0, 0.05) is 29.8 Å². The summed E-state index contributed by atoms with van der Waals surface area (Å²) < 4.78 is 6.27. The van der Waals surface area contributed by atoms with Crippen molar-refractivity contribution in [3.63, 3.8) is 0 Å². The number of non-ortho nitro benzene ring substituents is 1. The maximum atomic E-state index is 12.8. The molecule has 3 aromatic carbocycles. The van der Waals surface area contributed by atoms with Crippen LogP contribution in [0.3, 0.4) is 0 Å². The molecular weight excluding hydrogens is 490 g/mol. The van der Waals surface area contributed by atoms with Gasteiger partial charge in [-0.05, 0) is 37.6 Å². The number of hydrogen-bond acceptors (Lipinski definition) is 8. The maximum absolute atomic E-state index is 12.8. The van der Waals surface area contributed by atoms with E-state index in [-0.39, 0.29) is 11.8 Å². The number of fused-ring (bicyclic) bond motifs is 1. The smallest absolute Gasteiger partial charge is 0.271 e. The number of amides is 1. The van der Waals surface area contributed by atoms with Gasteiger partial charge in [-0.1, -0.05) is 59.4 Å². The Labute approximate surface area is 217 Å². The van der Waals surface area contributed by atoms with Crippen molar-refractivity contribution in [1.29, 1.82) is 0 Å². The quantitative estimate of drug-likeness (QED) is 0.232. The van der Waals surface area contributed by atoms with E-state index in [4.69, 9.17) is 4.74 Å². The number of aryl methyl sites for hydroxylation is 2. The number of nitrogens with one attached hydrogen (secondary N) is 2. The number of aromatic nitrogens is 1. The van der Waals surface area contributed by atoms with Crippen LogP contribution in [-0.2, 0) is 0 Å². The van der Waals surface area contributed by atoms with Gasteiger partial charge in [0.15, 0.2) is 0 Å². The number of nitrogens with zero attached hydrogens (tertiary/aromatic N) is 3. The number of hydrazone groups is 1. The van der Waals surface area contributed by atoms with Gasteiger partial charge >= 0.3 is 0 Å². The summed E-state index contributed by atoms with van der Waals surface area (Å²) in [6, 6.07) is 21.8. The molecule has 1 aromatic heterocycles. The molecule has 0 saturated heterocycles. The molecule has 1 atom stereocenters. The first-order valence-corrected chi connectivity index (χ1v) is 12.4. The second kappa shape index (κ2) is 10.2. The lowest BCUT2D eigenvalue weighted by Gasteiger charge is -2.27. The molecule has 2 heterocycles. The van der Waals surface area contributed by atoms with Crippen molar-refractivity contribution in [3.05, 3.63) is 110 Å². The van der Waals surface area contributed by atoms with Crippen LogP contribution in [0.4, 0.5) is 16.5 Å². The molecule has 1 amide bonds. The number of ether oxygens (including phenoxy) is 1. The van der Waals surface area contributed by atoms with Gasteiger partial charge in [0.1, 0.15) is 16.7 Å². The monoisotopic (exact) mass is 513 g/mol. The van der Waals surface area contributed by atoms with Gasteiger partial charge in [0.25, 0.3) is 11.6 Å². The molecule has 0 aliphatic carbocycles. The number of rotatable bonds is 6. The largest absolute Gasteiger partial charge is 0.485 e. The molecular formula is C27H23N5O4S. The van der Waals surface area contributed by atoms with Crippen LogP contribution in [0, 0.1) is 24.0 Å². The summed E-state index contributed by atoms with van der Waals surface area (Å²) in [6.07, 6.45) is 0.393. The second-order valence-corrected chi connectivity index (χ2v) is 9.59. The maximum Gasteiger partial charge on any atom is 0.271 e. The van der Waals surface area contributed by atoms with E-state index in [2.05, 4.69) is 20.8 Å². The third-order valence-electron chi connectivity index (χ3n) is 5.87. The number of carbonyl (C=O) groups excluding carboxylic acids is 1. The fourth-order valence-electron chi connectivity index (χ4n) is 4.07. The predicted octanol–water partition coefficient (Wildman–Crippen LogP) is 6.26. The lowest BCUT2D eigenvalue weighted by Crippen LogP contribution is -2.22. The lowest BCUT2D eigenvalue weighted by molar-refractivity contribution is -0.384. The van der Waals surface area contributed by atoms with Crippen LogP contribution >= 0.6 is 11.3 Å². The molecule has 1 aliphatic rings. The lowest BCUT2D eigenvalue weighted by atomic mass is 9.94. The summed E-state index contributed by atoms with van der Waals surface area (Å²) in [7, 11) is 0. The zero-order chi connectivity index (χ0) is 25.9. The summed E-state index contributed by atoms with van der Waals surface area (Å²) in [4.78, 5) is 28.2. The van der Waals surface area contributed by atoms with Crippen molar-refractivity contribution in [2.24, 2.45) is 5.10 Å². The Morgan fingerprint density at radius 1 is 1.11 bits per heavy atom. The van der Waals surface area contributed by atoms with Crippen molar-refractivity contribution < 1.29 is 14.5 Å². The number of nitro benzene ring substituents is 1. The van der Waals surface area contributed by atoms with Crippen LogP contribution in [0.15, 0.2) is 77.9 Å². The van der Waals surface area contributed by atoms with Crippen LogP contribution in [-0.4, -0.2) is 21.5 Å². The third kappa shape index (κ3) is 5.34. The predicted molar refractivity (Wildman–Crippen MR) is 144 cm³/mol. The number of thiazole rings is 1. The van der Waals surface area contributed by atoms with E-state index in [9.17, 15) is 14.9 Å². The van der Waals surface area contributed by atoms with Crippen LogP contribution in [0.1, 0.15) is 44.6 Å². The number of hydrogen-bond donors (Lipinski definition) is 2. The summed E-state index contributed by atoms with van der Waals surface area (Å²) in [5, 5.41) is 18.9. The highest BCUT2D eigenvalue weighted by molar-refractivity contribution is 7.17. The highest BCUT2D eigenvalue weighted by atomic mass is 32.1. The molecule has 5 rings (SSSR count). The van der Waals surface area contributed by atoms with Gasteiger partial charge < -0.3 is 10.1 Å². The first kappa shape index (κ1) is 24.1. The number of anilines is 2. The van der Waals surface area contributed by atoms with Gasteiger partial charge in [-0.3, -0.25) is 20.3 Å². The molecule has 1 aliphatic heterocycles. The molecule has 0 saturated carbocycles. The van der Waals surface area contributed by atoms with Crippen molar-refractivity contribution >= 4 is 39.5 Å². The summed E-state index contributed by atoms with van der Waals surface area (Å²) in [6.45, 7) is 3.75. The minimum Gasteiger partial charge on any atom is -0.485 e. The molecule has 0 fully saturated rings. The number of carbonyl (C=O) groups is 1. The first-order chi connectivity index (χ1) is 17.9. The topological polar surface area (TPSA) is 119 Å². The Hall–Kier alpha value is -4.57. The van der Waals surface area contributed by atoms with Gasteiger partial charge in [0.05, 0.1) is 16.3 Å². The summed E-state index contributed by atoms with van der Waals surface area (Å²) >= 11 is 1.16. The molecule has 2 N–H and O–H groups in total. The normalized spacial score (nSPS) is 15.5. The highest BCUT2D eigenvalue weighted by Gasteiger charge is 2.27. The zero-order valence-corrected chi connectivity index (χ0v) is 20.9. The van der Waals surface area contributed by atoms with E-state index in [1.807, 2.05) is 55.5 Å². The number of benzene rings is 3. The van der Waals surface area contributed by atoms with Gasteiger partial charge in [-0.25, -0.2) is 4.98 Å². The van der Waals surface area contributed by atoms with E-state index in [0.29, 0.717) is 27.8 Å². The molecule has 0 radical (unpaired) electrons. The average molecular weight is 514 g/mol. The van der Waals surface area contributed by atoms with Crippen LogP contribution < -0.4 is 15.5 Å². The van der Waals surface area contributed by atoms with Crippen molar-refractivity contribution in [2.75, 3.05) is 10.7 Å². The standard InChI is InChI=1S/C27H23N5O4S/c1-16-11-12-23-21(13-16)22(15-24(36-23)18-7-4-3-5-8-18)30-31-27-28-17(2)25(37-27)26(33)29-19-9-6-10-20(14-19)32(34)35/h3-14,24H,15H2,1-2H3,(H,28,31)(H,29,33)/t24-/m1/s1. The van der Waals surface area contributed by atoms with Crippen molar-refractivity contribution in [2.45, 2.75) is 26.4 Å². The Morgan fingerprint density at radius 3 is 2.70 bits per heavy atom. The Balaban J connectivity index is 1.37. The van der Waals surface area contributed by atoms with Gasteiger partial charge in [0.2, 0.25) is 5.13 Å². The van der Waals surface area contributed by atoms with Crippen LogP contribution in [0.25, 0.3) is 0 Å². The first-order valence-electron chi connectivity index (χ1n) is 11.6. The van der Waals surface area contributed by atoms with Gasteiger partial charge in [-0.15, -0.1) is 0 Å². The van der Waals surface area contributed by atoms with Crippen molar-refractivity contribution in [3.8, 4) is 5.75 Å². The highest BCUT2D eigenvalue weighted by Crippen LogP contribution is 2.36. The van der Waals surface area contributed by atoms with Crippen LogP contribution in [0.5, 0.6) is 5.75 Å². The molecule has 0 bridgehead atoms. The SMILES string of the molecule is Cc1ccc2c(c1)C(=NNc1nc(C)c(C(=O)Nc3cccc([N+](=O)[O-])c3)s1)C[C@H](c1ccccc1)O2. The van der Waals surface area contributed by atoms with E-state index in [0.717, 1.165) is 39.5 Å². The Kier molecular flexibility index (Phi) is 6.65. The second-order valence-electron chi connectivity index (χ2n) is 8.59. The van der Waals surface area contributed by atoms with Gasteiger partial charge in [-0.2, -0.15) is 5.10 Å². The summed E-state index contributed by atoms with van der Waals surface area (Å²) in [5.74, 6) is 0.367. The van der Waals surface area contributed by atoms with E-state index in [1.165, 1.54) is 18.2 Å². The van der Waals surface area contributed by atoms with Crippen molar-refractivity contribution in [1.82, 2.24) is 4.98 Å². The number of nitro groups is 1. The molecule has 186 valence electrons. The molecule has 9 nitrogen and oxygen atoms in total. The molecule has 10 heteroatoms. The third-order valence-corrected chi connectivity index (χ3v) is 6.93. The van der Waals surface area contributed by atoms with E-state index in [1.54, 1.807) is 13.0 Å². The summed E-state index contributed by atoms with van der Waals surface area (Å²) in [5.41, 5.74) is 7.69. The minimum atomic E-state index is -0.507. The Morgan fingerprint density at radius 2 is 1.92 bits per heavy atom. The molecule has 0 unspecified atom stereocenters.